The molecule has 1 aliphatic heterocycles. The molecule has 1 aliphatic carbocycles. The van der Waals surface area contributed by atoms with Crippen LogP contribution in [-0.2, 0) is 22.5 Å². The lowest BCUT2D eigenvalue weighted by Crippen LogP contribution is -2.50. The second-order valence-electron chi connectivity index (χ2n) is 6.13. The molecule has 122 valence electrons. The van der Waals surface area contributed by atoms with Gasteiger partial charge in [0.1, 0.15) is 0 Å². The number of amides is 1. The molecule has 0 saturated carbocycles. The summed E-state index contributed by atoms with van der Waals surface area (Å²) in [7, 11) is 0. The number of ether oxygens (including phenoxy) is 1. The number of carbonyl (C=O) groups excluding carboxylic acids is 1. The van der Waals surface area contributed by atoms with Crippen LogP contribution in [0.25, 0.3) is 0 Å². The van der Waals surface area contributed by atoms with Crippen LogP contribution in [0.15, 0.2) is 6.20 Å². The molecule has 6 heteroatoms. The fourth-order valence-corrected chi connectivity index (χ4v) is 3.50. The van der Waals surface area contributed by atoms with Gasteiger partial charge in [0.05, 0.1) is 25.5 Å². The van der Waals surface area contributed by atoms with Crippen molar-refractivity contribution < 1.29 is 9.53 Å². The average molecular weight is 306 g/mol. The zero-order valence-electron chi connectivity index (χ0n) is 13.5. The van der Waals surface area contributed by atoms with Gasteiger partial charge in [-0.3, -0.25) is 14.8 Å². The summed E-state index contributed by atoms with van der Waals surface area (Å²) >= 11 is 0. The molecular formula is C16H26N4O2. The van der Waals surface area contributed by atoms with Crippen LogP contribution in [0.4, 0.5) is 0 Å². The van der Waals surface area contributed by atoms with E-state index in [4.69, 9.17) is 4.74 Å². The summed E-state index contributed by atoms with van der Waals surface area (Å²) in [6, 6.07) is 0.0723. The molecule has 2 atom stereocenters. The van der Waals surface area contributed by atoms with E-state index >= 15 is 0 Å². The Morgan fingerprint density at radius 2 is 2.27 bits per heavy atom. The Bertz CT molecular complexity index is 522. The SMILES string of the molecule is CCn1ncc2c1CCC[C@H]2N[C@@H](C)C(=O)N1CCOCC1. The van der Waals surface area contributed by atoms with Crippen LogP contribution in [0.3, 0.4) is 0 Å². The van der Waals surface area contributed by atoms with Crippen LogP contribution in [-0.4, -0.2) is 52.9 Å². The van der Waals surface area contributed by atoms with E-state index in [-0.39, 0.29) is 18.0 Å². The van der Waals surface area contributed by atoms with Crippen molar-refractivity contribution in [2.24, 2.45) is 0 Å². The summed E-state index contributed by atoms with van der Waals surface area (Å²) < 4.78 is 7.40. The van der Waals surface area contributed by atoms with Crippen molar-refractivity contribution in [1.29, 1.82) is 0 Å². The highest BCUT2D eigenvalue weighted by Crippen LogP contribution is 2.30. The quantitative estimate of drug-likeness (QED) is 0.905. The molecule has 0 radical (unpaired) electrons. The molecule has 1 saturated heterocycles. The summed E-state index contributed by atoms with van der Waals surface area (Å²) in [6.07, 6.45) is 5.28. The largest absolute Gasteiger partial charge is 0.378 e. The van der Waals surface area contributed by atoms with Crippen LogP contribution in [0.1, 0.15) is 44.0 Å². The van der Waals surface area contributed by atoms with Crippen LogP contribution in [0.2, 0.25) is 0 Å². The number of hydrogen-bond donors (Lipinski definition) is 1. The molecule has 1 aromatic rings. The van der Waals surface area contributed by atoms with Crippen LogP contribution in [0.5, 0.6) is 0 Å². The first-order valence-corrected chi connectivity index (χ1v) is 8.38. The number of hydrogen-bond acceptors (Lipinski definition) is 4. The first-order chi connectivity index (χ1) is 10.7. The van der Waals surface area contributed by atoms with Crippen molar-refractivity contribution in [3.8, 4) is 0 Å². The minimum absolute atomic E-state index is 0.168. The first-order valence-electron chi connectivity index (χ1n) is 8.38. The van der Waals surface area contributed by atoms with Crippen LogP contribution < -0.4 is 5.32 Å². The van der Waals surface area contributed by atoms with Gasteiger partial charge in [-0.2, -0.15) is 5.10 Å². The Labute approximate surface area is 131 Å². The number of nitrogens with one attached hydrogen (secondary N) is 1. The molecule has 0 spiro atoms. The van der Waals surface area contributed by atoms with Crippen molar-refractivity contribution in [3.05, 3.63) is 17.5 Å². The summed E-state index contributed by atoms with van der Waals surface area (Å²) in [6.45, 7) is 7.70. The Morgan fingerprint density at radius 3 is 3.00 bits per heavy atom. The zero-order chi connectivity index (χ0) is 15.5. The van der Waals surface area contributed by atoms with E-state index in [0.29, 0.717) is 26.3 Å². The van der Waals surface area contributed by atoms with E-state index in [2.05, 4.69) is 22.0 Å². The number of carbonyl (C=O) groups is 1. The van der Waals surface area contributed by atoms with Gasteiger partial charge in [-0.1, -0.05) is 0 Å². The third-order valence-electron chi connectivity index (χ3n) is 4.71. The minimum atomic E-state index is -0.168. The highest BCUT2D eigenvalue weighted by Gasteiger charge is 2.28. The predicted octanol–water partition coefficient (Wildman–Crippen LogP) is 1.12. The second-order valence-corrected chi connectivity index (χ2v) is 6.13. The van der Waals surface area contributed by atoms with Gasteiger partial charge in [0.15, 0.2) is 0 Å². The fourth-order valence-electron chi connectivity index (χ4n) is 3.50. The maximum Gasteiger partial charge on any atom is 0.239 e. The summed E-state index contributed by atoms with van der Waals surface area (Å²) in [5.74, 6) is 0.179. The molecule has 1 amide bonds. The molecule has 0 unspecified atom stereocenters. The molecule has 1 N–H and O–H groups in total. The first kappa shape index (κ1) is 15.5. The maximum absolute atomic E-state index is 12.5. The van der Waals surface area contributed by atoms with E-state index < -0.39 is 0 Å². The van der Waals surface area contributed by atoms with Gasteiger partial charge in [0.25, 0.3) is 0 Å². The Kier molecular flexibility index (Phi) is 4.78. The molecule has 3 rings (SSSR count). The Morgan fingerprint density at radius 1 is 1.50 bits per heavy atom. The van der Waals surface area contributed by atoms with Gasteiger partial charge < -0.3 is 9.64 Å². The molecule has 0 aromatic carbocycles. The van der Waals surface area contributed by atoms with Gasteiger partial charge in [-0.05, 0) is 33.1 Å². The molecule has 2 heterocycles. The summed E-state index contributed by atoms with van der Waals surface area (Å²) in [5, 5.41) is 8.00. The number of aromatic nitrogens is 2. The number of morpholine rings is 1. The number of rotatable bonds is 4. The van der Waals surface area contributed by atoms with Crippen LogP contribution in [0, 0.1) is 0 Å². The lowest BCUT2D eigenvalue weighted by Gasteiger charge is -2.32. The molecule has 0 bridgehead atoms. The lowest BCUT2D eigenvalue weighted by atomic mass is 9.92. The van der Waals surface area contributed by atoms with Gasteiger partial charge in [-0.15, -0.1) is 0 Å². The number of nitrogens with zero attached hydrogens (tertiary/aromatic N) is 3. The number of aryl methyl sites for hydroxylation is 1. The molecule has 1 aromatic heterocycles. The molecular weight excluding hydrogens is 280 g/mol. The smallest absolute Gasteiger partial charge is 0.239 e. The fraction of sp³-hybridized carbons (Fsp3) is 0.750. The van der Waals surface area contributed by atoms with Gasteiger partial charge >= 0.3 is 0 Å². The van der Waals surface area contributed by atoms with E-state index in [0.717, 1.165) is 25.8 Å². The van der Waals surface area contributed by atoms with Gasteiger partial charge in [0.2, 0.25) is 5.91 Å². The van der Waals surface area contributed by atoms with E-state index in [9.17, 15) is 4.79 Å². The zero-order valence-corrected chi connectivity index (χ0v) is 13.5. The Balaban J connectivity index is 1.66. The summed E-state index contributed by atoms with van der Waals surface area (Å²) in [5.41, 5.74) is 2.60. The molecule has 2 aliphatic rings. The van der Waals surface area contributed by atoms with Crippen molar-refractivity contribution in [3.63, 3.8) is 0 Å². The third kappa shape index (κ3) is 3.03. The molecule has 1 fully saturated rings. The normalized spacial score (nSPS) is 23.2. The van der Waals surface area contributed by atoms with E-state index in [1.807, 2.05) is 18.0 Å². The monoisotopic (exact) mass is 306 g/mol. The topological polar surface area (TPSA) is 59.4 Å². The Hall–Kier alpha value is -1.40. The van der Waals surface area contributed by atoms with Crippen molar-refractivity contribution >= 4 is 5.91 Å². The van der Waals surface area contributed by atoms with Crippen molar-refractivity contribution in [2.75, 3.05) is 26.3 Å². The standard InChI is InChI=1S/C16H26N4O2/c1-3-20-15-6-4-5-14(13(15)11-17-20)18-12(2)16(21)19-7-9-22-10-8-19/h11-12,14,18H,3-10H2,1-2H3/t12-,14+/m0/s1. The number of fused-ring (bicyclic) bond motifs is 1. The minimum Gasteiger partial charge on any atom is -0.378 e. The van der Waals surface area contributed by atoms with Gasteiger partial charge in [-0.25, -0.2) is 0 Å². The molecule has 6 nitrogen and oxygen atoms in total. The lowest BCUT2D eigenvalue weighted by molar-refractivity contribution is -0.137. The summed E-state index contributed by atoms with van der Waals surface area (Å²) in [4.78, 5) is 14.4. The van der Waals surface area contributed by atoms with Gasteiger partial charge in [0, 0.05) is 36.9 Å². The average Bonchev–Trinajstić information content (AvgIpc) is 2.99. The van der Waals surface area contributed by atoms with E-state index in [1.54, 1.807) is 0 Å². The maximum atomic E-state index is 12.5. The highest BCUT2D eigenvalue weighted by molar-refractivity contribution is 5.81. The van der Waals surface area contributed by atoms with E-state index in [1.165, 1.54) is 11.3 Å². The second kappa shape index (κ2) is 6.79. The highest BCUT2D eigenvalue weighted by atomic mass is 16.5. The molecule has 22 heavy (non-hydrogen) atoms. The third-order valence-corrected chi connectivity index (χ3v) is 4.71. The van der Waals surface area contributed by atoms with Crippen molar-refractivity contribution in [2.45, 2.75) is 51.7 Å². The van der Waals surface area contributed by atoms with Crippen molar-refractivity contribution in [1.82, 2.24) is 20.0 Å². The van der Waals surface area contributed by atoms with Crippen LogP contribution >= 0.6 is 0 Å². The predicted molar refractivity (Wildman–Crippen MR) is 83.6 cm³/mol.